The van der Waals surface area contributed by atoms with Crippen molar-refractivity contribution < 1.29 is 9.63 Å². The summed E-state index contributed by atoms with van der Waals surface area (Å²) in [6.07, 6.45) is 4.01. The Labute approximate surface area is 146 Å². The second-order valence-corrected chi connectivity index (χ2v) is 6.02. The number of aliphatic hydroxyl groups is 1. The van der Waals surface area contributed by atoms with Crippen LogP contribution in [0.15, 0.2) is 53.2 Å². The Morgan fingerprint density at radius 3 is 2.68 bits per heavy atom. The maximum Gasteiger partial charge on any atom is 0.259 e. The van der Waals surface area contributed by atoms with Gasteiger partial charge in [-0.25, -0.2) is 4.98 Å². The van der Waals surface area contributed by atoms with Gasteiger partial charge in [0.25, 0.3) is 5.89 Å². The highest BCUT2D eigenvalue weighted by atomic mass is 16.5. The summed E-state index contributed by atoms with van der Waals surface area (Å²) < 4.78 is 5.33. The number of aromatic nitrogens is 3. The molecule has 0 unspecified atom stereocenters. The first-order valence-electron chi connectivity index (χ1n) is 8.45. The molecule has 3 aromatic rings. The first-order chi connectivity index (χ1) is 12.2. The number of anilines is 1. The molecule has 0 aliphatic heterocycles. The van der Waals surface area contributed by atoms with E-state index in [4.69, 9.17) is 4.52 Å². The summed E-state index contributed by atoms with van der Waals surface area (Å²) in [5.74, 6) is 1.89. The number of nitrogens with one attached hydrogen (secondary N) is 1. The zero-order valence-electron chi connectivity index (χ0n) is 14.2. The molecule has 130 valence electrons. The molecule has 0 saturated carbocycles. The fraction of sp³-hybridized carbons (Fsp3) is 0.316. The molecule has 0 spiro atoms. The van der Waals surface area contributed by atoms with Gasteiger partial charge in [-0.1, -0.05) is 35.5 Å². The van der Waals surface area contributed by atoms with Crippen LogP contribution in [0.3, 0.4) is 0 Å². The smallest absolute Gasteiger partial charge is 0.259 e. The molecule has 2 aromatic heterocycles. The van der Waals surface area contributed by atoms with Crippen LogP contribution in [0.1, 0.15) is 24.7 Å². The molecular weight excluding hydrogens is 316 g/mol. The molecule has 0 fully saturated rings. The van der Waals surface area contributed by atoms with Gasteiger partial charge < -0.3 is 14.9 Å². The summed E-state index contributed by atoms with van der Waals surface area (Å²) in [5.41, 5.74) is 2.10. The van der Waals surface area contributed by atoms with Gasteiger partial charge in [0.2, 0.25) is 0 Å². The minimum absolute atomic E-state index is 0.420. The number of pyridine rings is 1. The third-order valence-corrected chi connectivity index (χ3v) is 3.77. The van der Waals surface area contributed by atoms with Gasteiger partial charge in [-0.15, -0.1) is 0 Å². The summed E-state index contributed by atoms with van der Waals surface area (Å²) in [6.45, 7) is 2.18. The van der Waals surface area contributed by atoms with Gasteiger partial charge in [-0.05, 0) is 37.5 Å². The van der Waals surface area contributed by atoms with Crippen molar-refractivity contribution in [2.45, 2.75) is 32.3 Å². The summed E-state index contributed by atoms with van der Waals surface area (Å²) in [7, 11) is 0. The van der Waals surface area contributed by atoms with E-state index < -0.39 is 6.10 Å². The third-order valence-electron chi connectivity index (χ3n) is 3.77. The Kier molecular flexibility index (Phi) is 5.74. The predicted molar refractivity (Wildman–Crippen MR) is 96.2 cm³/mol. The summed E-state index contributed by atoms with van der Waals surface area (Å²) in [5, 5.41) is 16.4. The largest absolute Gasteiger partial charge is 0.392 e. The lowest BCUT2D eigenvalue weighted by Crippen LogP contribution is -2.15. The van der Waals surface area contributed by atoms with E-state index in [-0.39, 0.29) is 0 Å². The fourth-order valence-corrected chi connectivity index (χ4v) is 2.45. The minimum atomic E-state index is -0.420. The molecule has 0 aliphatic carbocycles. The van der Waals surface area contributed by atoms with Gasteiger partial charge >= 0.3 is 0 Å². The molecule has 3 rings (SSSR count). The van der Waals surface area contributed by atoms with E-state index in [2.05, 4.69) is 44.7 Å². The lowest BCUT2D eigenvalue weighted by molar-refractivity contribution is 0.208. The van der Waals surface area contributed by atoms with Crippen LogP contribution in [-0.2, 0) is 12.8 Å². The zero-order valence-corrected chi connectivity index (χ0v) is 14.2. The number of hydrogen-bond acceptors (Lipinski definition) is 6. The number of benzene rings is 1. The Hall–Kier alpha value is -2.73. The molecular formula is C19H22N4O2. The van der Waals surface area contributed by atoms with Crippen molar-refractivity contribution in [2.24, 2.45) is 0 Å². The quantitative estimate of drug-likeness (QED) is 0.656. The Morgan fingerprint density at radius 1 is 1.12 bits per heavy atom. The standard InChI is InChI=1S/C19H22N4O2/c1-14(24)12-20-17-11-10-16(13-21-17)19-22-18(23-25-19)9-5-8-15-6-3-2-4-7-15/h2-4,6-7,10-11,13-14,24H,5,8-9,12H2,1H3,(H,20,21)/t14-/m1/s1. The Morgan fingerprint density at radius 2 is 1.96 bits per heavy atom. The van der Waals surface area contributed by atoms with Crippen molar-refractivity contribution in [1.29, 1.82) is 0 Å². The average molecular weight is 338 g/mol. The van der Waals surface area contributed by atoms with E-state index in [1.54, 1.807) is 13.1 Å². The lowest BCUT2D eigenvalue weighted by Gasteiger charge is -2.07. The highest BCUT2D eigenvalue weighted by Gasteiger charge is 2.09. The van der Waals surface area contributed by atoms with E-state index in [1.807, 2.05) is 18.2 Å². The number of nitrogens with zero attached hydrogens (tertiary/aromatic N) is 3. The third kappa shape index (κ3) is 5.12. The van der Waals surface area contributed by atoms with Crippen molar-refractivity contribution in [3.05, 3.63) is 60.0 Å². The highest BCUT2D eigenvalue weighted by Crippen LogP contribution is 2.18. The second kappa shape index (κ2) is 8.39. The topological polar surface area (TPSA) is 84.1 Å². The molecule has 0 bridgehead atoms. The van der Waals surface area contributed by atoms with E-state index in [0.29, 0.717) is 24.1 Å². The monoisotopic (exact) mass is 338 g/mol. The van der Waals surface area contributed by atoms with Gasteiger partial charge in [0.15, 0.2) is 5.82 Å². The number of rotatable bonds is 8. The van der Waals surface area contributed by atoms with E-state index in [0.717, 1.165) is 24.8 Å². The van der Waals surface area contributed by atoms with Gasteiger partial charge in [-0.3, -0.25) is 0 Å². The van der Waals surface area contributed by atoms with Crippen LogP contribution < -0.4 is 5.32 Å². The molecule has 2 N–H and O–H groups in total. The first kappa shape index (κ1) is 17.1. The van der Waals surface area contributed by atoms with Gasteiger partial charge in [0.1, 0.15) is 5.82 Å². The summed E-state index contributed by atoms with van der Waals surface area (Å²) >= 11 is 0. The molecule has 1 aromatic carbocycles. The van der Waals surface area contributed by atoms with Gasteiger partial charge in [0, 0.05) is 19.2 Å². The van der Waals surface area contributed by atoms with Crippen LogP contribution in [0.4, 0.5) is 5.82 Å². The molecule has 6 heteroatoms. The average Bonchev–Trinajstić information content (AvgIpc) is 3.10. The van der Waals surface area contributed by atoms with E-state index in [1.165, 1.54) is 5.56 Å². The van der Waals surface area contributed by atoms with Crippen LogP contribution in [0.25, 0.3) is 11.5 Å². The molecule has 1 atom stereocenters. The molecule has 6 nitrogen and oxygen atoms in total. The van der Waals surface area contributed by atoms with Crippen molar-refractivity contribution in [3.8, 4) is 11.5 Å². The zero-order chi connectivity index (χ0) is 17.5. The van der Waals surface area contributed by atoms with Crippen LogP contribution in [-0.4, -0.2) is 32.9 Å². The maximum absolute atomic E-state index is 9.27. The SMILES string of the molecule is C[C@@H](O)CNc1ccc(-c2nc(CCCc3ccccc3)no2)cn1. The normalized spacial score (nSPS) is 12.1. The summed E-state index contributed by atoms with van der Waals surface area (Å²) in [4.78, 5) is 8.73. The van der Waals surface area contributed by atoms with Gasteiger partial charge in [-0.2, -0.15) is 4.98 Å². The van der Waals surface area contributed by atoms with E-state index >= 15 is 0 Å². The number of aliphatic hydroxyl groups excluding tert-OH is 1. The van der Waals surface area contributed by atoms with Crippen molar-refractivity contribution in [3.63, 3.8) is 0 Å². The fourth-order valence-electron chi connectivity index (χ4n) is 2.45. The van der Waals surface area contributed by atoms with E-state index in [9.17, 15) is 5.11 Å². The van der Waals surface area contributed by atoms with Crippen molar-refractivity contribution >= 4 is 5.82 Å². The second-order valence-electron chi connectivity index (χ2n) is 6.02. The molecule has 25 heavy (non-hydrogen) atoms. The van der Waals surface area contributed by atoms with Crippen molar-refractivity contribution in [1.82, 2.24) is 15.1 Å². The van der Waals surface area contributed by atoms with Gasteiger partial charge in [0.05, 0.1) is 11.7 Å². The molecule has 0 radical (unpaired) electrons. The maximum atomic E-state index is 9.27. The van der Waals surface area contributed by atoms with Crippen LogP contribution in [0.2, 0.25) is 0 Å². The molecule has 0 aliphatic rings. The molecule has 0 amide bonds. The predicted octanol–water partition coefficient (Wildman–Crippen LogP) is 3.10. The van der Waals surface area contributed by atoms with Crippen molar-refractivity contribution in [2.75, 3.05) is 11.9 Å². The lowest BCUT2D eigenvalue weighted by atomic mass is 10.1. The minimum Gasteiger partial charge on any atom is -0.392 e. The Bertz CT molecular complexity index is 770. The van der Waals surface area contributed by atoms with Crippen LogP contribution >= 0.6 is 0 Å². The van der Waals surface area contributed by atoms with Crippen LogP contribution in [0.5, 0.6) is 0 Å². The number of hydrogen-bond donors (Lipinski definition) is 2. The first-order valence-corrected chi connectivity index (χ1v) is 8.45. The van der Waals surface area contributed by atoms with Crippen LogP contribution in [0, 0.1) is 0 Å². The number of aryl methyl sites for hydroxylation is 2. The molecule has 2 heterocycles. The Balaban J connectivity index is 1.54. The highest BCUT2D eigenvalue weighted by molar-refractivity contribution is 5.54. The molecule has 0 saturated heterocycles. The summed E-state index contributed by atoms with van der Waals surface area (Å²) in [6, 6.07) is 14.1.